The van der Waals surface area contributed by atoms with Crippen molar-refractivity contribution in [1.29, 1.82) is 0 Å². The summed E-state index contributed by atoms with van der Waals surface area (Å²) in [7, 11) is -3.83. The molecule has 3 N–H and O–H groups in total. The minimum atomic E-state index is -3.83. The average molecular weight is 268 g/mol. The van der Waals surface area contributed by atoms with E-state index in [-0.39, 0.29) is 10.6 Å². The number of hydrogen-bond acceptors (Lipinski definition) is 5. The maximum Gasteiger partial charge on any atom is 0.281 e. The van der Waals surface area contributed by atoms with Gasteiger partial charge in [0, 0.05) is 17.5 Å². The molecule has 96 valence electrons. The molecule has 0 saturated carbocycles. The molecule has 2 heterocycles. The first-order chi connectivity index (χ1) is 8.54. The number of rotatable bonds is 4. The maximum atomic E-state index is 12.1. The van der Waals surface area contributed by atoms with Crippen LogP contribution in [0.5, 0.6) is 0 Å². The quantitative estimate of drug-likeness (QED) is 0.744. The third-order valence-corrected chi connectivity index (χ3v) is 3.71. The molecular formula is C10H12N4O3S. The summed E-state index contributed by atoms with van der Waals surface area (Å²) >= 11 is 0. The Morgan fingerprint density at radius 1 is 1.50 bits per heavy atom. The van der Waals surface area contributed by atoms with E-state index in [4.69, 9.17) is 5.11 Å². The number of nitrogens with zero attached hydrogens (tertiary/aromatic N) is 2. The molecule has 7 nitrogen and oxygen atoms in total. The fourth-order valence-electron chi connectivity index (χ4n) is 1.47. The van der Waals surface area contributed by atoms with Gasteiger partial charge in [-0.2, -0.15) is 13.5 Å². The zero-order valence-electron chi connectivity index (χ0n) is 9.58. The highest BCUT2D eigenvalue weighted by atomic mass is 32.2. The van der Waals surface area contributed by atoms with Crippen molar-refractivity contribution in [3.05, 3.63) is 35.8 Å². The van der Waals surface area contributed by atoms with Gasteiger partial charge < -0.3 is 5.11 Å². The van der Waals surface area contributed by atoms with E-state index in [0.29, 0.717) is 11.4 Å². The number of hydrogen-bond donors (Lipinski definition) is 3. The van der Waals surface area contributed by atoms with E-state index >= 15 is 0 Å². The van der Waals surface area contributed by atoms with Crippen molar-refractivity contribution in [2.24, 2.45) is 0 Å². The van der Waals surface area contributed by atoms with Gasteiger partial charge in [0.05, 0.1) is 18.5 Å². The molecular weight excluding hydrogens is 256 g/mol. The fraction of sp³-hybridized carbons (Fsp3) is 0.200. The second-order valence-corrected chi connectivity index (χ2v) is 5.24. The van der Waals surface area contributed by atoms with Gasteiger partial charge >= 0.3 is 0 Å². The number of anilines is 1. The molecule has 0 unspecified atom stereocenters. The lowest BCUT2D eigenvalue weighted by molar-refractivity contribution is 0.277. The zero-order valence-corrected chi connectivity index (χ0v) is 10.4. The zero-order chi connectivity index (χ0) is 13.2. The molecule has 0 amide bonds. The summed E-state index contributed by atoms with van der Waals surface area (Å²) in [5, 5.41) is 15.2. The Bertz CT molecular complexity index is 636. The second-order valence-electron chi connectivity index (χ2n) is 3.64. The average Bonchev–Trinajstić information content (AvgIpc) is 2.72. The molecule has 18 heavy (non-hydrogen) atoms. The molecule has 0 aliphatic carbocycles. The van der Waals surface area contributed by atoms with Crippen molar-refractivity contribution >= 4 is 15.7 Å². The van der Waals surface area contributed by atoms with Gasteiger partial charge in [0.2, 0.25) is 5.03 Å². The number of aromatic nitrogens is 3. The van der Waals surface area contributed by atoms with Gasteiger partial charge in [0.15, 0.2) is 0 Å². The van der Waals surface area contributed by atoms with Gasteiger partial charge in [-0.25, -0.2) is 0 Å². The van der Waals surface area contributed by atoms with Crippen LogP contribution in [0.25, 0.3) is 0 Å². The SMILES string of the molecule is Cc1[nH]nc(S(=O)(=O)Nc2cccnc2)c1CO. The van der Waals surface area contributed by atoms with E-state index in [2.05, 4.69) is 19.9 Å². The van der Waals surface area contributed by atoms with Gasteiger partial charge in [-0.1, -0.05) is 0 Å². The molecule has 2 rings (SSSR count). The molecule has 2 aromatic rings. The van der Waals surface area contributed by atoms with Crippen molar-refractivity contribution in [3.63, 3.8) is 0 Å². The van der Waals surface area contributed by atoms with Crippen LogP contribution < -0.4 is 4.72 Å². The van der Waals surface area contributed by atoms with E-state index in [1.807, 2.05) is 0 Å². The molecule has 0 bridgehead atoms. The smallest absolute Gasteiger partial charge is 0.281 e. The summed E-state index contributed by atoms with van der Waals surface area (Å²) in [5.74, 6) is 0. The van der Waals surface area contributed by atoms with E-state index < -0.39 is 16.6 Å². The molecule has 0 aliphatic rings. The largest absolute Gasteiger partial charge is 0.392 e. The van der Waals surface area contributed by atoms with Gasteiger partial charge in [0.25, 0.3) is 10.0 Å². The highest BCUT2D eigenvalue weighted by molar-refractivity contribution is 7.92. The van der Waals surface area contributed by atoms with Gasteiger partial charge in [-0.15, -0.1) is 0 Å². The topological polar surface area (TPSA) is 108 Å². The molecule has 2 aromatic heterocycles. The molecule has 8 heteroatoms. The van der Waals surface area contributed by atoms with Crippen LogP contribution in [-0.4, -0.2) is 28.7 Å². The van der Waals surface area contributed by atoms with Crippen LogP contribution in [0.1, 0.15) is 11.3 Å². The van der Waals surface area contributed by atoms with Gasteiger partial charge in [0.1, 0.15) is 0 Å². The van der Waals surface area contributed by atoms with Crippen molar-refractivity contribution in [3.8, 4) is 0 Å². The van der Waals surface area contributed by atoms with E-state index in [0.717, 1.165) is 0 Å². The fourth-order valence-corrected chi connectivity index (χ4v) is 2.70. The van der Waals surface area contributed by atoms with Crippen molar-refractivity contribution < 1.29 is 13.5 Å². The molecule has 0 radical (unpaired) electrons. The summed E-state index contributed by atoms with van der Waals surface area (Å²) < 4.78 is 26.5. The summed E-state index contributed by atoms with van der Waals surface area (Å²) in [6, 6.07) is 3.18. The predicted octanol–water partition coefficient (Wildman–Crippen LogP) is 0.406. The van der Waals surface area contributed by atoms with Crippen molar-refractivity contribution in [1.82, 2.24) is 15.2 Å². The number of nitrogens with one attached hydrogen (secondary N) is 2. The minimum Gasteiger partial charge on any atom is -0.392 e. The first-order valence-corrected chi connectivity index (χ1v) is 6.60. The highest BCUT2D eigenvalue weighted by Crippen LogP contribution is 2.19. The van der Waals surface area contributed by atoms with Crippen LogP contribution in [0.15, 0.2) is 29.6 Å². The third-order valence-electron chi connectivity index (χ3n) is 2.36. The second kappa shape index (κ2) is 4.75. The Labute approximate surface area is 104 Å². The molecule has 0 fully saturated rings. The third kappa shape index (κ3) is 2.34. The van der Waals surface area contributed by atoms with E-state index in [1.165, 1.54) is 12.4 Å². The van der Waals surface area contributed by atoms with Crippen LogP contribution in [0.4, 0.5) is 5.69 Å². The van der Waals surface area contributed by atoms with Crippen LogP contribution in [0.2, 0.25) is 0 Å². The van der Waals surface area contributed by atoms with E-state index in [1.54, 1.807) is 19.1 Å². The Morgan fingerprint density at radius 3 is 2.89 bits per heavy atom. The normalized spacial score (nSPS) is 11.4. The van der Waals surface area contributed by atoms with E-state index in [9.17, 15) is 8.42 Å². The summed E-state index contributed by atoms with van der Waals surface area (Å²) in [6.45, 7) is 1.24. The first kappa shape index (κ1) is 12.5. The van der Waals surface area contributed by atoms with Gasteiger partial charge in [-0.05, 0) is 19.1 Å². The monoisotopic (exact) mass is 268 g/mol. The maximum absolute atomic E-state index is 12.1. The summed E-state index contributed by atoms with van der Waals surface area (Å²) in [6.07, 6.45) is 2.92. The standard InChI is InChI=1S/C10H12N4O3S/c1-7-9(6-15)10(13-12-7)18(16,17)14-8-3-2-4-11-5-8/h2-5,14-15H,6H2,1H3,(H,12,13). The number of aliphatic hydroxyl groups is 1. The lowest BCUT2D eigenvalue weighted by Gasteiger charge is -2.06. The lowest BCUT2D eigenvalue weighted by Crippen LogP contribution is -2.15. The first-order valence-electron chi connectivity index (χ1n) is 5.12. The number of H-pyrrole nitrogens is 1. The Hall–Kier alpha value is -1.93. The van der Waals surface area contributed by atoms with Gasteiger partial charge in [-0.3, -0.25) is 14.8 Å². The van der Waals surface area contributed by atoms with Crippen LogP contribution in [-0.2, 0) is 16.6 Å². The van der Waals surface area contributed by atoms with Crippen molar-refractivity contribution in [2.75, 3.05) is 4.72 Å². The Balaban J connectivity index is 2.37. The predicted molar refractivity (Wildman–Crippen MR) is 64.3 cm³/mol. The molecule has 0 saturated heterocycles. The lowest BCUT2D eigenvalue weighted by atomic mass is 10.3. The number of aliphatic hydroxyl groups excluding tert-OH is 1. The number of pyridine rings is 1. The van der Waals surface area contributed by atoms with Crippen LogP contribution >= 0.6 is 0 Å². The molecule has 0 spiro atoms. The number of sulfonamides is 1. The Morgan fingerprint density at radius 2 is 2.28 bits per heavy atom. The molecule has 0 aromatic carbocycles. The molecule has 0 atom stereocenters. The Kier molecular flexibility index (Phi) is 3.30. The van der Waals surface area contributed by atoms with Crippen LogP contribution in [0.3, 0.4) is 0 Å². The highest BCUT2D eigenvalue weighted by Gasteiger charge is 2.23. The number of aromatic amines is 1. The van der Waals surface area contributed by atoms with Crippen LogP contribution in [0, 0.1) is 6.92 Å². The number of aryl methyl sites for hydroxylation is 1. The van der Waals surface area contributed by atoms with Crippen molar-refractivity contribution in [2.45, 2.75) is 18.6 Å². The molecule has 0 aliphatic heterocycles. The summed E-state index contributed by atoms with van der Waals surface area (Å²) in [4.78, 5) is 3.81. The minimum absolute atomic E-state index is 0.202. The summed E-state index contributed by atoms with van der Waals surface area (Å²) in [5.41, 5.74) is 1.11.